The summed E-state index contributed by atoms with van der Waals surface area (Å²) in [6.45, 7) is 2.14. The molecule has 0 aliphatic rings. The fourth-order valence-corrected chi connectivity index (χ4v) is 1.99. The molecule has 3 rings (SSSR count). The van der Waals surface area contributed by atoms with E-state index in [0.717, 1.165) is 5.56 Å². The Morgan fingerprint density at radius 2 is 2.09 bits per heavy atom. The van der Waals surface area contributed by atoms with Crippen LogP contribution in [0, 0.1) is 12.7 Å². The minimum atomic E-state index is -0.328. The van der Waals surface area contributed by atoms with Gasteiger partial charge in [0.1, 0.15) is 17.9 Å². The second kappa shape index (κ2) is 5.80. The molecule has 0 aliphatic heterocycles. The predicted molar refractivity (Wildman–Crippen MR) is 76.9 cm³/mol. The first-order chi connectivity index (χ1) is 10.6. The van der Waals surface area contributed by atoms with E-state index in [1.54, 1.807) is 29.8 Å². The quantitative estimate of drug-likeness (QED) is 0.804. The number of carbonyl (C=O) groups excluding carboxylic acids is 1. The van der Waals surface area contributed by atoms with Crippen molar-refractivity contribution in [3.8, 4) is 0 Å². The van der Waals surface area contributed by atoms with Crippen LogP contribution in [0.2, 0.25) is 0 Å². The molecule has 0 radical (unpaired) electrons. The Morgan fingerprint density at radius 1 is 1.32 bits per heavy atom. The SMILES string of the molecule is Cc1occc1C(=O)Nc1ncn(Cc2ccc(F)cc2)n1. The number of nitrogens with zero attached hydrogens (tertiary/aromatic N) is 3. The van der Waals surface area contributed by atoms with Crippen LogP contribution in [-0.2, 0) is 6.54 Å². The Kier molecular flexibility index (Phi) is 3.69. The van der Waals surface area contributed by atoms with Crippen molar-refractivity contribution >= 4 is 11.9 Å². The van der Waals surface area contributed by atoms with Crippen molar-refractivity contribution in [3.05, 3.63) is 65.6 Å². The molecule has 0 bridgehead atoms. The third-order valence-electron chi connectivity index (χ3n) is 3.12. The Hall–Kier alpha value is -2.96. The normalized spacial score (nSPS) is 10.6. The van der Waals surface area contributed by atoms with Gasteiger partial charge in [0.25, 0.3) is 5.91 Å². The topological polar surface area (TPSA) is 73.0 Å². The monoisotopic (exact) mass is 300 g/mol. The number of rotatable bonds is 4. The van der Waals surface area contributed by atoms with Crippen LogP contribution in [0.25, 0.3) is 0 Å². The van der Waals surface area contributed by atoms with E-state index in [9.17, 15) is 9.18 Å². The maximum atomic E-state index is 12.9. The van der Waals surface area contributed by atoms with Crippen LogP contribution in [-0.4, -0.2) is 20.7 Å². The third kappa shape index (κ3) is 3.03. The molecule has 0 spiro atoms. The molecule has 112 valence electrons. The largest absolute Gasteiger partial charge is 0.469 e. The van der Waals surface area contributed by atoms with Crippen LogP contribution in [0.1, 0.15) is 21.7 Å². The summed E-state index contributed by atoms with van der Waals surface area (Å²) in [5.41, 5.74) is 1.32. The van der Waals surface area contributed by atoms with Gasteiger partial charge in [-0.2, -0.15) is 0 Å². The number of aryl methyl sites for hydroxylation is 1. The van der Waals surface area contributed by atoms with Crippen molar-refractivity contribution in [2.24, 2.45) is 0 Å². The molecule has 0 saturated heterocycles. The molecule has 0 fully saturated rings. The van der Waals surface area contributed by atoms with E-state index in [-0.39, 0.29) is 17.7 Å². The molecule has 1 amide bonds. The Labute approximate surface area is 125 Å². The Morgan fingerprint density at radius 3 is 2.77 bits per heavy atom. The lowest BCUT2D eigenvalue weighted by molar-refractivity contribution is 0.102. The van der Waals surface area contributed by atoms with Crippen molar-refractivity contribution in [2.75, 3.05) is 5.32 Å². The van der Waals surface area contributed by atoms with Crippen molar-refractivity contribution in [1.82, 2.24) is 14.8 Å². The summed E-state index contributed by atoms with van der Waals surface area (Å²) in [4.78, 5) is 16.0. The molecule has 0 atom stereocenters. The highest BCUT2D eigenvalue weighted by Gasteiger charge is 2.13. The molecule has 22 heavy (non-hydrogen) atoms. The van der Waals surface area contributed by atoms with E-state index in [1.165, 1.54) is 24.7 Å². The lowest BCUT2D eigenvalue weighted by Crippen LogP contribution is -2.13. The third-order valence-corrected chi connectivity index (χ3v) is 3.12. The van der Waals surface area contributed by atoms with Gasteiger partial charge in [0.15, 0.2) is 0 Å². The van der Waals surface area contributed by atoms with Crippen molar-refractivity contribution in [3.63, 3.8) is 0 Å². The van der Waals surface area contributed by atoms with Gasteiger partial charge in [-0.3, -0.25) is 10.1 Å². The summed E-state index contributed by atoms with van der Waals surface area (Å²) in [5, 5.41) is 6.76. The molecule has 2 heterocycles. The maximum absolute atomic E-state index is 12.9. The standard InChI is InChI=1S/C15H13FN4O2/c1-10-13(6-7-22-10)14(21)18-15-17-9-20(19-15)8-11-2-4-12(16)5-3-11/h2-7,9H,8H2,1H3,(H,18,19,21). The molecule has 0 saturated carbocycles. The Balaban J connectivity index is 1.67. The van der Waals surface area contributed by atoms with Crippen molar-refractivity contribution < 1.29 is 13.6 Å². The average molecular weight is 300 g/mol. The van der Waals surface area contributed by atoms with E-state index in [4.69, 9.17) is 4.42 Å². The van der Waals surface area contributed by atoms with Gasteiger partial charge in [0, 0.05) is 0 Å². The zero-order valence-electron chi connectivity index (χ0n) is 11.8. The zero-order chi connectivity index (χ0) is 15.5. The molecule has 0 unspecified atom stereocenters. The first kappa shape index (κ1) is 14.0. The molecular formula is C15H13FN4O2. The van der Waals surface area contributed by atoms with E-state index in [1.807, 2.05) is 0 Å². The zero-order valence-corrected chi connectivity index (χ0v) is 11.8. The van der Waals surface area contributed by atoms with E-state index >= 15 is 0 Å². The number of benzene rings is 1. The summed E-state index contributed by atoms with van der Waals surface area (Å²) in [6.07, 6.45) is 2.95. The minimum absolute atomic E-state index is 0.202. The van der Waals surface area contributed by atoms with Crippen LogP contribution in [0.3, 0.4) is 0 Å². The molecule has 7 heteroatoms. The molecule has 2 aromatic heterocycles. The molecule has 6 nitrogen and oxygen atoms in total. The maximum Gasteiger partial charge on any atom is 0.261 e. The van der Waals surface area contributed by atoms with Crippen molar-refractivity contribution in [1.29, 1.82) is 0 Å². The lowest BCUT2D eigenvalue weighted by atomic mass is 10.2. The first-order valence-electron chi connectivity index (χ1n) is 6.61. The number of halogens is 1. The lowest BCUT2D eigenvalue weighted by Gasteiger charge is -2.01. The number of aromatic nitrogens is 3. The first-order valence-corrected chi connectivity index (χ1v) is 6.61. The summed E-state index contributed by atoms with van der Waals surface area (Å²) >= 11 is 0. The number of nitrogens with one attached hydrogen (secondary N) is 1. The van der Waals surface area contributed by atoms with E-state index < -0.39 is 0 Å². The summed E-state index contributed by atoms with van der Waals surface area (Å²) in [7, 11) is 0. The Bertz CT molecular complexity index is 792. The number of hydrogen-bond acceptors (Lipinski definition) is 4. The summed E-state index contributed by atoms with van der Waals surface area (Å²) in [5.74, 6) is 0.118. The molecule has 3 aromatic rings. The highest BCUT2D eigenvalue weighted by atomic mass is 19.1. The van der Waals surface area contributed by atoms with Gasteiger partial charge in [-0.05, 0) is 30.7 Å². The van der Waals surface area contributed by atoms with Gasteiger partial charge in [-0.15, -0.1) is 5.10 Å². The van der Waals surface area contributed by atoms with Crippen LogP contribution >= 0.6 is 0 Å². The minimum Gasteiger partial charge on any atom is -0.469 e. The molecule has 1 N–H and O–H groups in total. The number of amides is 1. The highest BCUT2D eigenvalue weighted by molar-refractivity contribution is 6.03. The second-order valence-corrected chi connectivity index (χ2v) is 4.74. The van der Waals surface area contributed by atoms with Crippen LogP contribution in [0.4, 0.5) is 10.3 Å². The number of carbonyl (C=O) groups is 1. The second-order valence-electron chi connectivity index (χ2n) is 4.74. The fraction of sp³-hybridized carbons (Fsp3) is 0.133. The van der Waals surface area contributed by atoms with E-state index in [2.05, 4.69) is 15.4 Å². The summed E-state index contributed by atoms with van der Waals surface area (Å²) < 4.78 is 19.5. The molecular weight excluding hydrogens is 287 g/mol. The predicted octanol–water partition coefficient (Wildman–Crippen LogP) is 2.62. The highest BCUT2D eigenvalue weighted by Crippen LogP contribution is 2.11. The van der Waals surface area contributed by atoms with Crippen molar-refractivity contribution in [2.45, 2.75) is 13.5 Å². The van der Waals surface area contributed by atoms with Gasteiger partial charge in [0.2, 0.25) is 5.95 Å². The van der Waals surface area contributed by atoms with Gasteiger partial charge in [-0.1, -0.05) is 12.1 Å². The van der Waals surface area contributed by atoms with Crippen LogP contribution in [0.15, 0.2) is 47.3 Å². The average Bonchev–Trinajstić information content (AvgIpc) is 3.10. The smallest absolute Gasteiger partial charge is 0.261 e. The van der Waals surface area contributed by atoms with Gasteiger partial charge < -0.3 is 4.42 Å². The molecule has 0 aliphatic carbocycles. The van der Waals surface area contributed by atoms with E-state index in [0.29, 0.717) is 17.9 Å². The van der Waals surface area contributed by atoms with Crippen LogP contribution < -0.4 is 5.32 Å². The number of furan rings is 1. The van der Waals surface area contributed by atoms with Gasteiger partial charge in [-0.25, -0.2) is 14.1 Å². The number of anilines is 1. The molecule has 1 aromatic carbocycles. The van der Waals surface area contributed by atoms with Gasteiger partial charge in [0.05, 0.1) is 18.4 Å². The van der Waals surface area contributed by atoms with Gasteiger partial charge >= 0.3 is 0 Å². The number of hydrogen-bond donors (Lipinski definition) is 1. The summed E-state index contributed by atoms with van der Waals surface area (Å²) in [6, 6.07) is 7.70. The van der Waals surface area contributed by atoms with Crippen LogP contribution in [0.5, 0.6) is 0 Å². The fourth-order valence-electron chi connectivity index (χ4n) is 1.99.